The highest BCUT2D eigenvalue weighted by atomic mass is 32.2. The van der Waals surface area contributed by atoms with E-state index in [0.29, 0.717) is 22.6 Å². The third-order valence-corrected chi connectivity index (χ3v) is 5.87. The number of amides is 1. The molecule has 0 radical (unpaired) electrons. The maximum Gasteiger partial charge on any atom is 0.255 e. The highest BCUT2D eigenvalue weighted by Gasteiger charge is 2.12. The van der Waals surface area contributed by atoms with Gasteiger partial charge in [0.1, 0.15) is 5.75 Å². The summed E-state index contributed by atoms with van der Waals surface area (Å²) in [6, 6.07) is 28.3. The van der Waals surface area contributed by atoms with Crippen LogP contribution in [0.15, 0.2) is 95.9 Å². The molecule has 0 aromatic heterocycles. The third-order valence-electron chi connectivity index (χ3n) is 4.88. The number of rotatable bonds is 7. The van der Waals surface area contributed by atoms with E-state index in [1.807, 2.05) is 78.9 Å². The van der Waals surface area contributed by atoms with Crippen LogP contribution in [0.3, 0.4) is 0 Å². The first-order chi connectivity index (χ1) is 15.1. The van der Waals surface area contributed by atoms with Gasteiger partial charge in [0.2, 0.25) is 0 Å². The van der Waals surface area contributed by atoms with Crippen molar-refractivity contribution in [2.45, 2.75) is 4.90 Å². The summed E-state index contributed by atoms with van der Waals surface area (Å²) in [4.78, 5) is 26.2. The van der Waals surface area contributed by atoms with Gasteiger partial charge >= 0.3 is 0 Å². The molecule has 0 aliphatic rings. The number of hydrogen-bond acceptors (Lipinski definition) is 4. The van der Waals surface area contributed by atoms with Crippen molar-refractivity contribution < 1.29 is 14.3 Å². The minimum absolute atomic E-state index is 0.00643. The van der Waals surface area contributed by atoms with Gasteiger partial charge in [0, 0.05) is 16.1 Å². The Hall–Kier alpha value is -3.57. The zero-order chi connectivity index (χ0) is 21.6. The first-order valence-corrected chi connectivity index (χ1v) is 10.8. The molecule has 0 bridgehead atoms. The molecular formula is C26H21NO3S. The minimum Gasteiger partial charge on any atom is -0.496 e. The van der Waals surface area contributed by atoms with Crippen LogP contribution in [0.25, 0.3) is 10.8 Å². The second-order valence-electron chi connectivity index (χ2n) is 6.96. The standard InChI is InChI=1S/C26H21NO3S/c1-30-25-12-5-4-11-23(25)24(28)17-31-22-10-6-9-21(16-22)27-26(29)20-14-13-18-7-2-3-8-19(18)15-20/h2-16H,17H2,1H3,(H,27,29). The zero-order valence-corrected chi connectivity index (χ0v) is 17.8. The van der Waals surface area contributed by atoms with Gasteiger partial charge < -0.3 is 10.1 Å². The Bertz CT molecular complexity index is 1250. The first kappa shape index (κ1) is 20.7. The van der Waals surface area contributed by atoms with Crippen LogP contribution in [0.2, 0.25) is 0 Å². The molecule has 4 aromatic rings. The Morgan fingerprint density at radius 2 is 1.61 bits per heavy atom. The third kappa shape index (κ3) is 4.95. The number of Topliss-reactive ketones (excluding diaryl/α,β-unsaturated/α-hetero) is 1. The van der Waals surface area contributed by atoms with Gasteiger partial charge in [-0.3, -0.25) is 9.59 Å². The fourth-order valence-electron chi connectivity index (χ4n) is 3.30. The van der Waals surface area contributed by atoms with Crippen LogP contribution in [0.5, 0.6) is 5.75 Å². The highest BCUT2D eigenvalue weighted by molar-refractivity contribution is 8.00. The monoisotopic (exact) mass is 427 g/mol. The number of fused-ring (bicyclic) bond motifs is 1. The summed E-state index contributed by atoms with van der Waals surface area (Å²) in [5.74, 6) is 0.679. The van der Waals surface area contributed by atoms with E-state index in [1.54, 1.807) is 19.2 Å². The highest BCUT2D eigenvalue weighted by Crippen LogP contribution is 2.25. The van der Waals surface area contributed by atoms with E-state index < -0.39 is 0 Å². The molecule has 5 heteroatoms. The second-order valence-corrected chi connectivity index (χ2v) is 8.00. The second kappa shape index (κ2) is 9.49. The predicted octanol–water partition coefficient (Wildman–Crippen LogP) is 6.08. The topological polar surface area (TPSA) is 55.4 Å². The van der Waals surface area contributed by atoms with E-state index in [2.05, 4.69) is 5.32 Å². The van der Waals surface area contributed by atoms with E-state index in [-0.39, 0.29) is 17.4 Å². The van der Waals surface area contributed by atoms with Crippen molar-refractivity contribution in [2.75, 3.05) is 18.2 Å². The van der Waals surface area contributed by atoms with Crippen LogP contribution < -0.4 is 10.1 Å². The zero-order valence-electron chi connectivity index (χ0n) is 17.0. The van der Waals surface area contributed by atoms with Crippen LogP contribution in [-0.2, 0) is 0 Å². The van der Waals surface area contributed by atoms with Crippen LogP contribution in [0.1, 0.15) is 20.7 Å². The van der Waals surface area contributed by atoms with Gasteiger partial charge in [0.15, 0.2) is 5.78 Å². The predicted molar refractivity (Wildman–Crippen MR) is 126 cm³/mol. The number of hydrogen-bond donors (Lipinski definition) is 1. The lowest BCUT2D eigenvalue weighted by molar-refractivity contribution is 0.101. The van der Waals surface area contributed by atoms with E-state index in [0.717, 1.165) is 15.7 Å². The number of benzene rings is 4. The molecule has 31 heavy (non-hydrogen) atoms. The largest absolute Gasteiger partial charge is 0.496 e. The summed E-state index contributed by atoms with van der Waals surface area (Å²) in [5.41, 5.74) is 1.86. The number of anilines is 1. The van der Waals surface area contributed by atoms with E-state index in [9.17, 15) is 9.59 Å². The molecule has 1 N–H and O–H groups in total. The van der Waals surface area contributed by atoms with Crippen LogP contribution >= 0.6 is 11.8 Å². The number of ether oxygens (including phenoxy) is 1. The van der Waals surface area contributed by atoms with E-state index in [4.69, 9.17) is 4.74 Å². The quantitative estimate of drug-likeness (QED) is 0.287. The Morgan fingerprint density at radius 3 is 2.45 bits per heavy atom. The fraction of sp³-hybridized carbons (Fsp3) is 0.0769. The van der Waals surface area contributed by atoms with Gasteiger partial charge in [-0.05, 0) is 53.2 Å². The Balaban J connectivity index is 1.43. The van der Waals surface area contributed by atoms with Crippen LogP contribution in [0.4, 0.5) is 5.69 Å². The van der Waals surface area contributed by atoms with Crippen LogP contribution in [-0.4, -0.2) is 24.6 Å². The summed E-state index contributed by atoms with van der Waals surface area (Å²) in [6.07, 6.45) is 0. The molecule has 0 fully saturated rings. The van der Waals surface area contributed by atoms with Crippen molar-refractivity contribution in [3.63, 3.8) is 0 Å². The lowest BCUT2D eigenvalue weighted by atomic mass is 10.1. The van der Waals surface area contributed by atoms with Gasteiger partial charge in [-0.2, -0.15) is 0 Å². The molecule has 0 aliphatic heterocycles. The summed E-state index contributed by atoms with van der Waals surface area (Å²) < 4.78 is 5.27. The smallest absolute Gasteiger partial charge is 0.255 e. The summed E-state index contributed by atoms with van der Waals surface area (Å²) in [5, 5.41) is 5.06. The normalized spacial score (nSPS) is 10.6. The van der Waals surface area contributed by atoms with Gasteiger partial charge in [0.25, 0.3) is 5.91 Å². The first-order valence-electron chi connectivity index (χ1n) is 9.83. The van der Waals surface area contributed by atoms with E-state index >= 15 is 0 Å². The van der Waals surface area contributed by atoms with Crippen molar-refractivity contribution in [3.8, 4) is 5.75 Å². The van der Waals surface area contributed by atoms with Crippen molar-refractivity contribution >= 4 is 39.9 Å². The number of carbonyl (C=O) groups excluding carboxylic acids is 2. The molecule has 0 atom stereocenters. The maximum absolute atomic E-state index is 12.7. The number of carbonyl (C=O) groups is 2. The average molecular weight is 428 g/mol. The molecule has 1 amide bonds. The van der Waals surface area contributed by atoms with Crippen molar-refractivity contribution in [2.24, 2.45) is 0 Å². The number of para-hydroxylation sites is 1. The van der Waals surface area contributed by atoms with Gasteiger partial charge in [-0.1, -0.05) is 48.5 Å². The molecule has 0 spiro atoms. The Kier molecular flexibility index (Phi) is 6.34. The van der Waals surface area contributed by atoms with Gasteiger partial charge in [0.05, 0.1) is 18.4 Å². The lowest BCUT2D eigenvalue weighted by Gasteiger charge is -2.09. The maximum atomic E-state index is 12.7. The number of thioether (sulfide) groups is 1. The molecule has 4 rings (SSSR count). The molecular weight excluding hydrogens is 406 g/mol. The molecule has 0 unspecified atom stereocenters. The molecule has 0 saturated heterocycles. The number of nitrogens with one attached hydrogen (secondary N) is 1. The minimum atomic E-state index is -0.169. The van der Waals surface area contributed by atoms with Gasteiger partial charge in [-0.15, -0.1) is 11.8 Å². The summed E-state index contributed by atoms with van der Waals surface area (Å²) >= 11 is 1.43. The Morgan fingerprint density at radius 1 is 0.839 bits per heavy atom. The Labute approximate surface area is 185 Å². The summed E-state index contributed by atoms with van der Waals surface area (Å²) in [7, 11) is 1.56. The van der Waals surface area contributed by atoms with E-state index in [1.165, 1.54) is 11.8 Å². The molecule has 0 aliphatic carbocycles. The van der Waals surface area contributed by atoms with Crippen molar-refractivity contribution in [1.29, 1.82) is 0 Å². The fourth-order valence-corrected chi connectivity index (χ4v) is 4.14. The van der Waals surface area contributed by atoms with Crippen molar-refractivity contribution in [1.82, 2.24) is 0 Å². The molecule has 154 valence electrons. The number of ketones is 1. The summed E-state index contributed by atoms with van der Waals surface area (Å²) in [6.45, 7) is 0. The van der Waals surface area contributed by atoms with Crippen LogP contribution in [0, 0.1) is 0 Å². The molecule has 0 saturated carbocycles. The lowest BCUT2D eigenvalue weighted by Crippen LogP contribution is -2.11. The molecule has 4 nitrogen and oxygen atoms in total. The molecule has 0 heterocycles. The van der Waals surface area contributed by atoms with Gasteiger partial charge in [-0.25, -0.2) is 0 Å². The molecule has 4 aromatic carbocycles. The number of methoxy groups -OCH3 is 1. The SMILES string of the molecule is COc1ccccc1C(=O)CSc1cccc(NC(=O)c2ccc3ccccc3c2)c1. The van der Waals surface area contributed by atoms with Crippen molar-refractivity contribution in [3.05, 3.63) is 102 Å². The average Bonchev–Trinajstić information content (AvgIpc) is 2.82.